The number of ether oxygens (including phenoxy) is 2. The lowest BCUT2D eigenvalue weighted by atomic mass is 10.1. The molecule has 0 saturated carbocycles. The standard InChI is InChI=1S/C18H13F3N2O4/c1-25-15-5-3-2-4-13(15)16-10-14(23-27-16)17(24)22-11-6-8-12(9-7-11)26-18(19,20)21/h2-10H,1H3,(H,22,24). The number of para-hydroxylation sites is 1. The molecule has 2 aromatic carbocycles. The number of methoxy groups -OCH3 is 1. The number of nitrogens with zero attached hydrogens (tertiary/aromatic N) is 1. The van der Waals surface area contributed by atoms with Crippen molar-refractivity contribution in [3.8, 4) is 22.8 Å². The molecule has 0 saturated heterocycles. The summed E-state index contributed by atoms with van der Waals surface area (Å²) in [7, 11) is 1.51. The summed E-state index contributed by atoms with van der Waals surface area (Å²) < 4.78 is 50.6. The van der Waals surface area contributed by atoms with Gasteiger partial charge in [-0.25, -0.2) is 0 Å². The third kappa shape index (κ3) is 4.57. The van der Waals surface area contributed by atoms with Gasteiger partial charge in [0.15, 0.2) is 11.5 Å². The Morgan fingerprint density at radius 1 is 1.11 bits per heavy atom. The normalized spacial score (nSPS) is 11.1. The largest absolute Gasteiger partial charge is 0.573 e. The van der Waals surface area contributed by atoms with Gasteiger partial charge in [-0.3, -0.25) is 4.79 Å². The molecule has 0 aliphatic carbocycles. The van der Waals surface area contributed by atoms with Gasteiger partial charge in [-0.15, -0.1) is 13.2 Å². The van der Waals surface area contributed by atoms with Crippen LogP contribution in [0, 0.1) is 0 Å². The maximum Gasteiger partial charge on any atom is 0.573 e. The smallest absolute Gasteiger partial charge is 0.496 e. The minimum atomic E-state index is -4.78. The van der Waals surface area contributed by atoms with Gasteiger partial charge in [-0.05, 0) is 36.4 Å². The zero-order valence-corrected chi connectivity index (χ0v) is 13.9. The Kier molecular flexibility index (Phi) is 5.02. The fraction of sp³-hybridized carbons (Fsp3) is 0.111. The second-order valence-electron chi connectivity index (χ2n) is 5.30. The fourth-order valence-electron chi connectivity index (χ4n) is 2.29. The van der Waals surface area contributed by atoms with Crippen molar-refractivity contribution in [1.82, 2.24) is 5.16 Å². The maximum absolute atomic E-state index is 12.3. The summed E-state index contributed by atoms with van der Waals surface area (Å²) in [6.07, 6.45) is -4.78. The van der Waals surface area contributed by atoms with Crippen LogP contribution in [0.3, 0.4) is 0 Å². The minimum Gasteiger partial charge on any atom is -0.496 e. The molecule has 3 aromatic rings. The molecule has 3 rings (SSSR count). The number of hydrogen-bond acceptors (Lipinski definition) is 5. The van der Waals surface area contributed by atoms with E-state index in [1.807, 2.05) is 0 Å². The molecule has 1 amide bonds. The SMILES string of the molecule is COc1ccccc1-c1cc(C(=O)Nc2ccc(OC(F)(F)F)cc2)no1. The quantitative estimate of drug-likeness (QED) is 0.708. The summed E-state index contributed by atoms with van der Waals surface area (Å²) in [5.41, 5.74) is 0.906. The highest BCUT2D eigenvalue weighted by molar-refractivity contribution is 6.03. The molecule has 0 fully saturated rings. The summed E-state index contributed by atoms with van der Waals surface area (Å²) in [6, 6.07) is 13.2. The van der Waals surface area contributed by atoms with Crippen LogP contribution in [-0.4, -0.2) is 24.5 Å². The Bertz CT molecular complexity index is 936. The molecule has 0 unspecified atom stereocenters. The van der Waals surface area contributed by atoms with Crippen LogP contribution in [0.15, 0.2) is 59.1 Å². The summed E-state index contributed by atoms with van der Waals surface area (Å²) >= 11 is 0. The molecule has 0 bridgehead atoms. The van der Waals surface area contributed by atoms with Gasteiger partial charge in [0.25, 0.3) is 5.91 Å². The van der Waals surface area contributed by atoms with Crippen LogP contribution in [0.5, 0.6) is 11.5 Å². The molecule has 140 valence electrons. The van der Waals surface area contributed by atoms with Gasteiger partial charge in [-0.2, -0.15) is 0 Å². The number of rotatable bonds is 5. The number of benzene rings is 2. The van der Waals surface area contributed by atoms with Crippen LogP contribution in [0.4, 0.5) is 18.9 Å². The predicted molar refractivity (Wildman–Crippen MR) is 89.6 cm³/mol. The van der Waals surface area contributed by atoms with E-state index >= 15 is 0 Å². The summed E-state index contributed by atoms with van der Waals surface area (Å²) in [4.78, 5) is 12.3. The number of alkyl halides is 3. The number of amides is 1. The molecule has 0 spiro atoms. The Morgan fingerprint density at radius 2 is 1.81 bits per heavy atom. The van der Waals surface area contributed by atoms with Crippen LogP contribution >= 0.6 is 0 Å². The number of anilines is 1. The lowest BCUT2D eigenvalue weighted by Gasteiger charge is -2.09. The number of hydrogen-bond donors (Lipinski definition) is 1. The highest BCUT2D eigenvalue weighted by atomic mass is 19.4. The summed E-state index contributed by atoms with van der Waals surface area (Å²) in [6.45, 7) is 0. The molecule has 0 atom stereocenters. The van der Waals surface area contributed by atoms with E-state index in [-0.39, 0.29) is 17.1 Å². The van der Waals surface area contributed by atoms with E-state index in [2.05, 4.69) is 15.2 Å². The second-order valence-corrected chi connectivity index (χ2v) is 5.30. The molecule has 6 nitrogen and oxygen atoms in total. The van der Waals surface area contributed by atoms with E-state index in [9.17, 15) is 18.0 Å². The topological polar surface area (TPSA) is 73.6 Å². The van der Waals surface area contributed by atoms with Gasteiger partial charge in [0.05, 0.1) is 12.7 Å². The van der Waals surface area contributed by atoms with E-state index in [1.165, 1.54) is 25.3 Å². The lowest BCUT2D eigenvalue weighted by Crippen LogP contribution is -2.17. The molecule has 0 aliphatic heterocycles. The van der Waals surface area contributed by atoms with Gasteiger partial charge in [0.1, 0.15) is 11.5 Å². The van der Waals surface area contributed by atoms with Crippen LogP contribution < -0.4 is 14.8 Å². The van der Waals surface area contributed by atoms with Crippen molar-refractivity contribution < 1.29 is 32.0 Å². The highest BCUT2D eigenvalue weighted by Crippen LogP contribution is 2.30. The first kappa shape index (κ1) is 18.3. The zero-order chi connectivity index (χ0) is 19.4. The van der Waals surface area contributed by atoms with Gasteiger partial charge < -0.3 is 19.3 Å². The van der Waals surface area contributed by atoms with Crippen LogP contribution in [0.2, 0.25) is 0 Å². The first-order valence-electron chi connectivity index (χ1n) is 7.63. The van der Waals surface area contributed by atoms with Crippen molar-refractivity contribution in [2.45, 2.75) is 6.36 Å². The first-order valence-corrected chi connectivity index (χ1v) is 7.63. The third-order valence-corrected chi connectivity index (χ3v) is 3.46. The second kappa shape index (κ2) is 7.40. The van der Waals surface area contributed by atoms with Gasteiger partial charge in [0.2, 0.25) is 0 Å². The molecule has 0 aliphatic rings. The van der Waals surface area contributed by atoms with Gasteiger partial charge >= 0.3 is 6.36 Å². The molecule has 1 heterocycles. The Labute approximate surface area is 151 Å². The van der Waals surface area contributed by atoms with Crippen molar-refractivity contribution in [3.63, 3.8) is 0 Å². The van der Waals surface area contributed by atoms with E-state index in [1.54, 1.807) is 24.3 Å². The molecule has 1 aromatic heterocycles. The van der Waals surface area contributed by atoms with Gasteiger partial charge in [0, 0.05) is 11.8 Å². The van der Waals surface area contributed by atoms with E-state index < -0.39 is 12.3 Å². The summed E-state index contributed by atoms with van der Waals surface area (Å²) in [5, 5.41) is 6.23. The highest BCUT2D eigenvalue weighted by Gasteiger charge is 2.31. The van der Waals surface area contributed by atoms with Crippen molar-refractivity contribution in [1.29, 1.82) is 0 Å². The molecule has 0 radical (unpaired) electrons. The minimum absolute atomic E-state index is 0.00604. The average molecular weight is 378 g/mol. The summed E-state index contributed by atoms with van der Waals surface area (Å²) in [5.74, 6) is -0.0721. The predicted octanol–water partition coefficient (Wildman–Crippen LogP) is 4.50. The lowest BCUT2D eigenvalue weighted by molar-refractivity contribution is -0.274. The molecule has 1 N–H and O–H groups in total. The monoisotopic (exact) mass is 378 g/mol. The Hall–Kier alpha value is -3.49. The van der Waals surface area contributed by atoms with E-state index in [4.69, 9.17) is 9.26 Å². The zero-order valence-electron chi connectivity index (χ0n) is 13.9. The first-order chi connectivity index (χ1) is 12.9. The van der Waals surface area contributed by atoms with E-state index in [0.29, 0.717) is 17.1 Å². The average Bonchev–Trinajstić information content (AvgIpc) is 3.12. The van der Waals surface area contributed by atoms with E-state index in [0.717, 1.165) is 12.1 Å². The number of nitrogens with one attached hydrogen (secondary N) is 1. The van der Waals surface area contributed by atoms with Crippen molar-refractivity contribution in [2.75, 3.05) is 12.4 Å². The number of carbonyl (C=O) groups excluding carboxylic acids is 1. The third-order valence-electron chi connectivity index (χ3n) is 3.46. The van der Waals surface area contributed by atoms with Crippen LogP contribution in [0.25, 0.3) is 11.3 Å². The fourth-order valence-corrected chi connectivity index (χ4v) is 2.29. The van der Waals surface area contributed by atoms with Crippen LogP contribution in [0.1, 0.15) is 10.5 Å². The Balaban J connectivity index is 1.71. The van der Waals surface area contributed by atoms with Crippen molar-refractivity contribution >= 4 is 11.6 Å². The molecule has 9 heteroatoms. The Morgan fingerprint density at radius 3 is 2.48 bits per heavy atom. The molecule has 27 heavy (non-hydrogen) atoms. The molecular weight excluding hydrogens is 365 g/mol. The van der Waals surface area contributed by atoms with Crippen molar-refractivity contribution in [3.05, 3.63) is 60.3 Å². The van der Waals surface area contributed by atoms with Crippen LogP contribution in [-0.2, 0) is 0 Å². The number of aromatic nitrogens is 1. The molecular formula is C18H13F3N2O4. The van der Waals surface area contributed by atoms with Crippen molar-refractivity contribution in [2.24, 2.45) is 0 Å². The maximum atomic E-state index is 12.3. The number of halogens is 3. The number of carbonyl (C=O) groups is 1. The van der Waals surface area contributed by atoms with Gasteiger partial charge in [-0.1, -0.05) is 17.3 Å².